The second kappa shape index (κ2) is 6.09. The minimum Gasteiger partial charge on any atom is -0.350 e. The number of carbonyl (C=O) groups excluding carboxylic acids is 1. The Kier molecular flexibility index (Phi) is 3.95. The number of hydrogen-bond donors (Lipinski definition) is 2. The molecule has 0 unspecified atom stereocenters. The first kappa shape index (κ1) is 14.9. The van der Waals surface area contributed by atoms with Crippen molar-refractivity contribution in [3.8, 4) is 5.69 Å². The molecule has 6 heteroatoms. The topological polar surface area (TPSA) is 59.0 Å². The van der Waals surface area contributed by atoms with E-state index in [0.29, 0.717) is 11.6 Å². The van der Waals surface area contributed by atoms with E-state index in [1.165, 1.54) is 5.69 Å². The van der Waals surface area contributed by atoms with Crippen LogP contribution in [0.2, 0.25) is 0 Å². The molecule has 23 heavy (non-hydrogen) atoms. The lowest BCUT2D eigenvalue weighted by Gasteiger charge is -2.26. The predicted molar refractivity (Wildman–Crippen MR) is 92.0 cm³/mol. The third-order valence-electron chi connectivity index (χ3n) is 4.62. The van der Waals surface area contributed by atoms with Crippen molar-refractivity contribution in [3.05, 3.63) is 45.7 Å². The summed E-state index contributed by atoms with van der Waals surface area (Å²) in [7, 11) is 0. The monoisotopic (exact) mass is 374 g/mol. The Labute approximate surface area is 143 Å². The molecule has 1 fully saturated rings. The van der Waals surface area contributed by atoms with Gasteiger partial charge in [-0.1, -0.05) is 22.0 Å². The zero-order valence-corrected chi connectivity index (χ0v) is 14.4. The number of nitrogens with zero attached hydrogens (tertiary/aromatic N) is 2. The Morgan fingerprint density at radius 2 is 2.26 bits per heavy atom. The summed E-state index contributed by atoms with van der Waals surface area (Å²) in [4.78, 5) is 12.5. The number of aromatic nitrogens is 2. The van der Waals surface area contributed by atoms with E-state index in [-0.39, 0.29) is 5.91 Å². The maximum Gasteiger partial charge on any atom is 0.272 e. The quantitative estimate of drug-likeness (QED) is 0.860. The summed E-state index contributed by atoms with van der Waals surface area (Å²) in [5, 5.41) is 10.9. The maximum atomic E-state index is 12.5. The van der Waals surface area contributed by atoms with Crippen molar-refractivity contribution in [1.82, 2.24) is 20.4 Å². The van der Waals surface area contributed by atoms with Gasteiger partial charge in [0.15, 0.2) is 5.69 Å². The van der Waals surface area contributed by atoms with Gasteiger partial charge in [0, 0.05) is 41.3 Å². The number of carbonyl (C=O) groups is 1. The molecule has 1 aliphatic heterocycles. The number of rotatable bonds is 4. The Morgan fingerprint density at radius 3 is 3.00 bits per heavy atom. The summed E-state index contributed by atoms with van der Waals surface area (Å²) in [5.41, 5.74) is 3.90. The van der Waals surface area contributed by atoms with Crippen LogP contribution in [0.3, 0.4) is 0 Å². The van der Waals surface area contributed by atoms with E-state index >= 15 is 0 Å². The molecule has 2 heterocycles. The third-order valence-corrected chi connectivity index (χ3v) is 5.11. The Bertz CT molecular complexity index is 751. The molecule has 1 saturated heterocycles. The second-order valence-electron chi connectivity index (χ2n) is 6.25. The average molecular weight is 375 g/mol. The fourth-order valence-corrected chi connectivity index (χ4v) is 3.64. The van der Waals surface area contributed by atoms with Crippen LogP contribution in [0.1, 0.15) is 28.2 Å². The van der Waals surface area contributed by atoms with Gasteiger partial charge in [-0.2, -0.15) is 5.10 Å². The number of nitrogens with one attached hydrogen (secondary N) is 2. The minimum absolute atomic E-state index is 0.0382. The molecule has 0 atom stereocenters. The number of benzene rings is 1. The van der Waals surface area contributed by atoms with Crippen molar-refractivity contribution in [1.29, 1.82) is 0 Å². The molecule has 5 nitrogen and oxygen atoms in total. The molecule has 0 bridgehead atoms. The first-order chi connectivity index (χ1) is 11.2. The molecule has 1 aromatic carbocycles. The third kappa shape index (κ3) is 2.81. The van der Waals surface area contributed by atoms with Crippen LogP contribution in [-0.2, 0) is 12.8 Å². The van der Waals surface area contributed by atoms with Gasteiger partial charge in [0.05, 0.1) is 5.69 Å². The van der Waals surface area contributed by atoms with Crippen LogP contribution in [0, 0.1) is 5.92 Å². The van der Waals surface area contributed by atoms with Crippen LogP contribution in [0.25, 0.3) is 5.69 Å². The van der Waals surface area contributed by atoms with E-state index in [1.807, 2.05) is 28.9 Å². The summed E-state index contributed by atoms with van der Waals surface area (Å²) >= 11 is 3.50. The van der Waals surface area contributed by atoms with Gasteiger partial charge in [0.2, 0.25) is 0 Å². The Morgan fingerprint density at radius 1 is 1.39 bits per heavy atom. The van der Waals surface area contributed by atoms with Gasteiger partial charge in [0.1, 0.15) is 0 Å². The Hall–Kier alpha value is -1.66. The Balaban J connectivity index is 1.63. The highest BCUT2D eigenvalue weighted by molar-refractivity contribution is 9.10. The predicted octanol–water partition coefficient (Wildman–Crippen LogP) is 2.07. The molecule has 0 saturated carbocycles. The molecule has 0 radical (unpaired) electrons. The van der Waals surface area contributed by atoms with E-state index in [9.17, 15) is 4.79 Å². The van der Waals surface area contributed by atoms with Crippen LogP contribution in [0.5, 0.6) is 0 Å². The molecule has 4 rings (SSSR count). The number of amides is 1. The van der Waals surface area contributed by atoms with E-state index in [2.05, 4.69) is 31.7 Å². The smallest absolute Gasteiger partial charge is 0.272 e. The summed E-state index contributed by atoms with van der Waals surface area (Å²) < 4.78 is 2.95. The molecular weight excluding hydrogens is 356 g/mol. The molecular formula is C17H19BrN4O. The van der Waals surface area contributed by atoms with E-state index in [4.69, 9.17) is 0 Å². The summed E-state index contributed by atoms with van der Waals surface area (Å²) in [6, 6.07) is 8.05. The highest BCUT2D eigenvalue weighted by atomic mass is 79.9. The fourth-order valence-electron chi connectivity index (χ4n) is 3.25. The molecule has 2 aromatic rings. The lowest BCUT2D eigenvalue weighted by molar-refractivity contribution is 0.0936. The van der Waals surface area contributed by atoms with E-state index in [1.54, 1.807) is 0 Å². The van der Waals surface area contributed by atoms with Crippen molar-refractivity contribution in [2.24, 2.45) is 5.92 Å². The molecule has 1 amide bonds. The second-order valence-corrected chi connectivity index (χ2v) is 7.17. The van der Waals surface area contributed by atoms with Crippen LogP contribution in [0.4, 0.5) is 0 Å². The van der Waals surface area contributed by atoms with Gasteiger partial charge in [-0.25, -0.2) is 4.68 Å². The molecule has 1 aromatic heterocycles. The van der Waals surface area contributed by atoms with Crippen molar-refractivity contribution in [3.63, 3.8) is 0 Å². The van der Waals surface area contributed by atoms with E-state index in [0.717, 1.165) is 54.6 Å². The highest BCUT2D eigenvalue weighted by Gasteiger charge is 2.27. The zero-order chi connectivity index (χ0) is 15.8. The zero-order valence-electron chi connectivity index (χ0n) is 12.8. The van der Waals surface area contributed by atoms with Crippen LogP contribution < -0.4 is 10.6 Å². The fraction of sp³-hybridized carbons (Fsp3) is 0.412. The van der Waals surface area contributed by atoms with Gasteiger partial charge in [0.25, 0.3) is 5.91 Å². The minimum atomic E-state index is -0.0382. The number of halogens is 1. The van der Waals surface area contributed by atoms with Gasteiger partial charge >= 0.3 is 0 Å². The van der Waals surface area contributed by atoms with E-state index < -0.39 is 0 Å². The number of fused-ring (bicyclic) bond motifs is 1. The maximum absolute atomic E-state index is 12.5. The molecule has 0 spiro atoms. The standard InChI is InChI=1S/C17H19BrN4O/c18-12-3-1-4-13(7-12)22-15-6-2-5-14(15)16(21-22)17(23)20-10-11-8-19-9-11/h1,3-4,7,11,19H,2,5-6,8-10H2,(H,20,23). The first-order valence-corrected chi connectivity index (χ1v) is 8.87. The SMILES string of the molecule is O=C(NCC1CNC1)c1nn(-c2cccc(Br)c2)c2c1CCC2. The molecule has 1 aliphatic carbocycles. The lowest BCUT2D eigenvalue weighted by atomic mass is 10.0. The van der Waals surface area contributed by atoms with Gasteiger partial charge < -0.3 is 10.6 Å². The van der Waals surface area contributed by atoms with Crippen molar-refractivity contribution >= 4 is 21.8 Å². The van der Waals surface area contributed by atoms with Gasteiger partial charge in [-0.05, 0) is 37.5 Å². The van der Waals surface area contributed by atoms with Crippen LogP contribution in [0.15, 0.2) is 28.7 Å². The largest absolute Gasteiger partial charge is 0.350 e. The van der Waals surface area contributed by atoms with Crippen molar-refractivity contribution < 1.29 is 4.79 Å². The average Bonchev–Trinajstić information content (AvgIpc) is 3.07. The highest BCUT2D eigenvalue weighted by Crippen LogP contribution is 2.28. The van der Waals surface area contributed by atoms with Crippen LogP contribution in [-0.4, -0.2) is 35.3 Å². The molecule has 2 aliphatic rings. The lowest BCUT2D eigenvalue weighted by Crippen LogP contribution is -2.48. The molecule has 2 N–H and O–H groups in total. The van der Waals surface area contributed by atoms with Crippen LogP contribution >= 0.6 is 15.9 Å². The van der Waals surface area contributed by atoms with Gasteiger partial charge in [-0.3, -0.25) is 4.79 Å². The summed E-state index contributed by atoms with van der Waals surface area (Å²) in [6.07, 6.45) is 3.01. The van der Waals surface area contributed by atoms with Crippen molar-refractivity contribution in [2.75, 3.05) is 19.6 Å². The summed E-state index contributed by atoms with van der Waals surface area (Å²) in [5.74, 6) is 0.517. The normalized spacial score (nSPS) is 16.9. The van der Waals surface area contributed by atoms with Crippen molar-refractivity contribution in [2.45, 2.75) is 19.3 Å². The van der Waals surface area contributed by atoms with Gasteiger partial charge in [-0.15, -0.1) is 0 Å². The number of hydrogen-bond acceptors (Lipinski definition) is 3. The molecule has 120 valence electrons. The first-order valence-electron chi connectivity index (χ1n) is 8.08. The summed E-state index contributed by atoms with van der Waals surface area (Å²) in [6.45, 7) is 2.71.